The minimum Gasteiger partial charge on any atom is -0.456 e. The lowest BCUT2D eigenvalue weighted by molar-refractivity contribution is -0.152. The van der Waals surface area contributed by atoms with Crippen molar-refractivity contribution in [3.63, 3.8) is 0 Å². The Balaban J connectivity index is 0.0000194. The molecule has 0 aliphatic heterocycles. The number of esters is 1. The van der Waals surface area contributed by atoms with Crippen LogP contribution in [0, 0.1) is 0 Å². The van der Waals surface area contributed by atoms with Gasteiger partial charge in [-0.1, -0.05) is 134 Å². The summed E-state index contributed by atoms with van der Waals surface area (Å²) in [5, 5.41) is 0. The molecule has 0 spiro atoms. The molecule has 0 aliphatic carbocycles. The molecule has 0 aromatic heterocycles. The van der Waals surface area contributed by atoms with Gasteiger partial charge in [0.1, 0.15) is 6.61 Å². The fourth-order valence-corrected chi connectivity index (χ4v) is 5.18. The van der Waals surface area contributed by atoms with Crippen molar-refractivity contribution in [3.8, 4) is 0 Å². The van der Waals surface area contributed by atoms with E-state index in [0.717, 1.165) is 23.3 Å². The highest BCUT2D eigenvalue weighted by Crippen LogP contribution is 2.14. The summed E-state index contributed by atoms with van der Waals surface area (Å²) in [6, 6.07) is 9.99. The van der Waals surface area contributed by atoms with E-state index >= 15 is 0 Å². The molecule has 1 aromatic carbocycles. The number of hydrogen-bond donors (Lipinski definition) is 0. The molecule has 0 heterocycles. The number of rotatable bonds is 27. The number of halogens is 1. The van der Waals surface area contributed by atoms with Crippen molar-refractivity contribution in [2.24, 2.45) is 0 Å². The van der Waals surface area contributed by atoms with Gasteiger partial charge in [0.25, 0.3) is 0 Å². The fraction of sp³-hybridized carbons (Fsp3) is 0.750. The summed E-state index contributed by atoms with van der Waals surface area (Å²) in [5.41, 5.74) is 1.15. The number of hydrogen-bond acceptors (Lipinski definition) is 7. The Kier molecular flexibility index (Phi) is 27.9. The van der Waals surface area contributed by atoms with Crippen molar-refractivity contribution in [3.05, 3.63) is 35.9 Å². The third-order valence-electron chi connectivity index (χ3n) is 7.77. The summed E-state index contributed by atoms with van der Waals surface area (Å²) in [7, 11) is 1.93. The van der Waals surface area contributed by atoms with Gasteiger partial charge in [-0.3, -0.25) is 9.59 Å². The van der Waals surface area contributed by atoms with Gasteiger partial charge in [0.2, 0.25) is 5.91 Å². The highest BCUT2D eigenvalue weighted by atomic mass is 35.5. The number of nitrogens with zero attached hydrogens (tertiary/aromatic N) is 2. The number of likely N-dealkylation sites (N-methyl/N-ethyl adjacent to an activating group) is 1. The Morgan fingerprint density at radius 1 is 0.711 bits per heavy atom. The number of carbonyl (C=O) groups excluding carboxylic acids is 3. The molecule has 1 unspecified atom stereocenters. The number of ether oxygens (including phenoxy) is 3. The number of amides is 2. The van der Waals surface area contributed by atoms with Crippen LogP contribution in [0.5, 0.6) is 0 Å². The van der Waals surface area contributed by atoms with Crippen LogP contribution in [-0.4, -0.2) is 73.8 Å². The maximum Gasteiger partial charge on any atom is 0.416 e. The normalized spacial score (nSPS) is 11.6. The second-order valence-electron chi connectivity index (χ2n) is 12.1. The van der Waals surface area contributed by atoms with Gasteiger partial charge in [-0.15, -0.1) is 12.4 Å². The van der Waals surface area contributed by atoms with Crippen LogP contribution < -0.4 is 0 Å². The Labute approximate surface area is 280 Å². The van der Waals surface area contributed by atoms with Crippen molar-refractivity contribution >= 4 is 30.4 Å². The quantitative estimate of drug-likeness (QED) is 0.0692. The number of imide groups is 1. The molecule has 9 heteroatoms. The molecule has 260 valence electrons. The van der Waals surface area contributed by atoms with Gasteiger partial charge < -0.3 is 19.1 Å². The van der Waals surface area contributed by atoms with Crippen LogP contribution in [0.25, 0.3) is 0 Å². The van der Waals surface area contributed by atoms with E-state index in [4.69, 9.17) is 14.2 Å². The van der Waals surface area contributed by atoms with Gasteiger partial charge in [0.15, 0.2) is 6.10 Å². The molecule has 0 bridgehead atoms. The topological polar surface area (TPSA) is 85.4 Å². The standard InChI is InChI=1S/C36H62N2O6.ClH/c1-5-6-7-8-9-10-11-12-13-14-15-16-17-18-19-23-28-42-30-35(44-33(3)40)31-43-36(41)38(32(2)39)27-26-37(4)29-34-24-21-20-22-25-34;/h20-22,24-25,35H,5-19,23,26-31H2,1-4H3;1H. The van der Waals surface area contributed by atoms with Crippen LogP contribution in [-0.2, 0) is 30.3 Å². The minimum absolute atomic E-state index is 0. The summed E-state index contributed by atoms with van der Waals surface area (Å²) < 4.78 is 16.4. The third kappa shape index (κ3) is 24.7. The Morgan fingerprint density at radius 3 is 1.71 bits per heavy atom. The Bertz CT molecular complexity index is 872. The second kappa shape index (κ2) is 29.3. The van der Waals surface area contributed by atoms with Crippen LogP contribution in [0.2, 0.25) is 0 Å². The third-order valence-corrected chi connectivity index (χ3v) is 7.77. The van der Waals surface area contributed by atoms with E-state index in [0.29, 0.717) is 19.7 Å². The van der Waals surface area contributed by atoms with Gasteiger partial charge in [-0.2, -0.15) is 0 Å². The van der Waals surface area contributed by atoms with E-state index in [1.54, 1.807) is 0 Å². The minimum atomic E-state index is -0.749. The number of unbranched alkanes of at least 4 members (excludes halogenated alkanes) is 15. The maximum absolute atomic E-state index is 12.7. The summed E-state index contributed by atoms with van der Waals surface area (Å²) in [6.07, 6.45) is 19.6. The lowest BCUT2D eigenvalue weighted by atomic mass is 10.0. The van der Waals surface area contributed by atoms with Crippen LogP contribution in [0.15, 0.2) is 30.3 Å². The van der Waals surface area contributed by atoms with E-state index < -0.39 is 24.1 Å². The predicted molar refractivity (Wildman–Crippen MR) is 185 cm³/mol. The van der Waals surface area contributed by atoms with Gasteiger partial charge in [0.05, 0.1) is 6.61 Å². The molecule has 0 aliphatic rings. The summed E-state index contributed by atoms with van der Waals surface area (Å²) >= 11 is 0. The van der Waals surface area contributed by atoms with Crippen molar-refractivity contribution in [2.75, 3.05) is 40.0 Å². The van der Waals surface area contributed by atoms with Crippen LogP contribution in [0.4, 0.5) is 4.79 Å². The molecule has 1 rings (SSSR count). The summed E-state index contributed by atoms with van der Waals surface area (Å²) in [6.45, 7) is 6.87. The largest absolute Gasteiger partial charge is 0.456 e. The maximum atomic E-state index is 12.7. The second-order valence-corrected chi connectivity index (χ2v) is 12.1. The van der Waals surface area contributed by atoms with E-state index in [1.807, 2.05) is 42.3 Å². The molecule has 0 fully saturated rings. The summed E-state index contributed by atoms with van der Waals surface area (Å²) in [4.78, 5) is 39.5. The van der Waals surface area contributed by atoms with E-state index in [9.17, 15) is 14.4 Å². The lowest BCUT2D eigenvalue weighted by Crippen LogP contribution is -2.42. The number of carbonyl (C=O) groups is 3. The average molecular weight is 655 g/mol. The van der Waals surface area contributed by atoms with Gasteiger partial charge in [-0.05, 0) is 19.0 Å². The van der Waals surface area contributed by atoms with E-state index in [1.165, 1.54) is 104 Å². The van der Waals surface area contributed by atoms with Gasteiger partial charge >= 0.3 is 12.1 Å². The molecule has 45 heavy (non-hydrogen) atoms. The predicted octanol–water partition coefficient (Wildman–Crippen LogP) is 8.74. The smallest absolute Gasteiger partial charge is 0.416 e. The zero-order valence-corrected chi connectivity index (χ0v) is 29.6. The van der Waals surface area contributed by atoms with Crippen molar-refractivity contribution in [1.29, 1.82) is 0 Å². The zero-order chi connectivity index (χ0) is 32.3. The van der Waals surface area contributed by atoms with Crippen molar-refractivity contribution in [2.45, 2.75) is 136 Å². The first kappa shape index (κ1) is 42.8. The number of benzene rings is 1. The molecular formula is C36H63ClN2O6. The monoisotopic (exact) mass is 654 g/mol. The van der Waals surface area contributed by atoms with Crippen molar-refractivity contribution in [1.82, 2.24) is 9.80 Å². The summed E-state index contributed by atoms with van der Waals surface area (Å²) in [5.74, 6) is -0.866. The molecule has 8 nitrogen and oxygen atoms in total. The SMILES string of the molecule is CCCCCCCCCCCCCCCCCCOCC(COC(=O)N(CCN(C)Cc1ccccc1)C(C)=O)OC(C)=O.Cl. The van der Waals surface area contributed by atoms with Crippen LogP contribution in [0.3, 0.4) is 0 Å². The fourth-order valence-electron chi connectivity index (χ4n) is 5.18. The zero-order valence-electron chi connectivity index (χ0n) is 28.8. The molecule has 1 aromatic rings. The first-order chi connectivity index (χ1) is 21.3. The molecule has 1 atom stereocenters. The van der Waals surface area contributed by atoms with Crippen molar-refractivity contribution < 1.29 is 28.6 Å². The van der Waals surface area contributed by atoms with Gasteiger partial charge in [0, 0.05) is 40.1 Å². The highest BCUT2D eigenvalue weighted by Gasteiger charge is 2.23. The lowest BCUT2D eigenvalue weighted by Gasteiger charge is -2.24. The van der Waals surface area contributed by atoms with E-state index in [2.05, 4.69) is 6.92 Å². The average Bonchev–Trinajstić information content (AvgIpc) is 2.99. The first-order valence-electron chi connectivity index (χ1n) is 17.3. The molecule has 0 N–H and O–H groups in total. The molecule has 0 saturated carbocycles. The van der Waals surface area contributed by atoms with Crippen LogP contribution >= 0.6 is 12.4 Å². The van der Waals surface area contributed by atoms with E-state index in [-0.39, 0.29) is 32.2 Å². The van der Waals surface area contributed by atoms with Gasteiger partial charge in [-0.25, -0.2) is 9.69 Å². The molecule has 2 amide bonds. The molecular weight excluding hydrogens is 592 g/mol. The Morgan fingerprint density at radius 2 is 1.22 bits per heavy atom. The Hall–Kier alpha value is -2.16. The highest BCUT2D eigenvalue weighted by molar-refractivity contribution is 5.90. The van der Waals surface area contributed by atoms with Crippen LogP contribution in [0.1, 0.15) is 129 Å². The first-order valence-corrected chi connectivity index (χ1v) is 17.3. The molecule has 0 saturated heterocycles. The molecule has 0 radical (unpaired) electrons.